The fourth-order valence-electron chi connectivity index (χ4n) is 4.96. The molecule has 1 amide bonds. The summed E-state index contributed by atoms with van der Waals surface area (Å²) >= 11 is 0. The summed E-state index contributed by atoms with van der Waals surface area (Å²) in [5.41, 5.74) is 2.42. The van der Waals surface area contributed by atoms with Gasteiger partial charge in [0.1, 0.15) is 29.6 Å². The van der Waals surface area contributed by atoms with Crippen LogP contribution >= 0.6 is 0 Å². The normalized spacial score (nSPS) is 17.0. The summed E-state index contributed by atoms with van der Waals surface area (Å²) in [4.78, 5) is 17.0. The van der Waals surface area contributed by atoms with Crippen molar-refractivity contribution in [2.75, 3.05) is 25.5 Å². The first kappa shape index (κ1) is 33.9. The van der Waals surface area contributed by atoms with Crippen molar-refractivity contribution in [3.8, 4) is 17.1 Å². The summed E-state index contributed by atoms with van der Waals surface area (Å²) in [6, 6.07) is 6.15. The minimum absolute atomic E-state index is 0.0568. The molecule has 3 aromatic rings. The van der Waals surface area contributed by atoms with Gasteiger partial charge in [0.15, 0.2) is 6.23 Å². The number of benzene rings is 1. The lowest BCUT2D eigenvalue weighted by Gasteiger charge is -2.36. The number of hydrogen-bond donors (Lipinski definition) is 2. The maximum absolute atomic E-state index is 12.1. The maximum atomic E-state index is 12.1. The number of carbonyl (C=O) groups excluding carboxylic acids is 1. The Morgan fingerprint density at radius 1 is 1.27 bits per heavy atom. The Labute approximate surface area is 261 Å². The number of carbonyl (C=O) groups is 1. The van der Waals surface area contributed by atoms with Gasteiger partial charge in [-0.15, -0.1) is 0 Å². The topological polar surface area (TPSA) is 147 Å². The lowest BCUT2D eigenvalue weighted by molar-refractivity contribution is -0.0365. The quantitative estimate of drug-likeness (QED) is 0.186. The summed E-state index contributed by atoms with van der Waals surface area (Å²) in [5.74, 6) is 0.907. The molecule has 1 saturated heterocycles. The number of aromatic nitrogens is 4. The number of nitrogens with one attached hydrogen (secondary N) is 1. The molecule has 14 heteroatoms. The van der Waals surface area contributed by atoms with Crippen molar-refractivity contribution in [1.82, 2.24) is 24.6 Å². The zero-order valence-electron chi connectivity index (χ0n) is 26.9. The lowest BCUT2D eigenvalue weighted by Crippen LogP contribution is -2.43. The van der Waals surface area contributed by atoms with E-state index in [0.29, 0.717) is 25.1 Å². The van der Waals surface area contributed by atoms with E-state index in [1.807, 2.05) is 28.6 Å². The zero-order chi connectivity index (χ0) is 32.3. The van der Waals surface area contributed by atoms with Gasteiger partial charge < -0.3 is 23.8 Å². The summed E-state index contributed by atoms with van der Waals surface area (Å²) in [6.45, 7) is 13.9. The molecule has 3 heterocycles. The molecule has 0 bridgehead atoms. The van der Waals surface area contributed by atoms with Crippen molar-refractivity contribution in [2.45, 2.75) is 84.2 Å². The Morgan fingerprint density at radius 2 is 2.02 bits per heavy atom. The number of hydrogen-bond acceptors (Lipinski definition) is 8. The van der Waals surface area contributed by atoms with Crippen LogP contribution in [0.3, 0.4) is 0 Å². The first-order chi connectivity index (χ1) is 20.5. The second-order valence-corrected chi connectivity index (χ2v) is 19.5. The highest BCUT2D eigenvalue weighted by Gasteiger charge is 2.39. The van der Waals surface area contributed by atoms with Crippen molar-refractivity contribution in [3.63, 3.8) is 0 Å². The number of amides is 1. The molecule has 0 saturated carbocycles. The number of fused-ring (bicyclic) bond motifs is 1. The van der Waals surface area contributed by atoms with Crippen molar-refractivity contribution in [1.29, 1.82) is 0 Å². The van der Waals surface area contributed by atoms with Gasteiger partial charge in [-0.2, -0.15) is 13.5 Å². The van der Waals surface area contributed by atoms with Crippen LogP contribution in [0.2, 0.25) is 18.1 Å². The van der Waals surface area contributed by atoms with Crippen LogP contribution in [-0.2, 0) is 33.1 Å². The van der Waals surface area contributed by atoms with Crippen LogP contribution in [-0.4, -0.2) is 72.2 Å². The second kappa shape index (κ2) is 13.6. The summed E-state index contributed by atoms with van der Waals surface area (Å²) in [6.07, 6.45) is 5.01. The molecule has 0 spiro atoms. The van der Waals surface area contributed by atoms with Crippen LogP contribution < -0.4 is 9.74 Å². The smallest absolute Gasteiger partial charge is 0.407 e. The molecular weight excluding hydrogens is 603 g/mol. The third-order valence-electron chi connectivity index (χ3n) is 8.46. The first-order valence-corrected chi connectivity index (χ1v) is 19.8. The van der Waals surface area contributed by atoms with E-state index in [-0.39, 0.29) is 36.1 Å². The van der Waals surface area contributed by atoms with E-state index >= 15 is 0 Å². The highest BCUT2D eigenvalue weighted by Crippen LogP contribution is 2.39. The van der Waals surface area contributed by atoms with Gasteiger partial charge in [-0.25, -0.2) is 14.5 Å². The van der Waals surface area contributed by atoms with Gasteiger partial charge in [0.2, 0.25) is 8.32 Å². The van der Waals surface area contributed by atoms with Crippen molar-refractivity contribution in [3.05, 3.63) is 30.2 Å². The molecule has 0 aliphatic carbocycles. The first-order valence-electron chi connectivity index (χ1n) is 15.3. The van der Waals surface area contributed by atoms with E-state index in [9.17, 15) is 13.2 Å². The Bertz CT molecular complexity index is 1560. The Balaban J connectivity index is 1.49. The standard InChI is InChI=1S/C30H47N5O7SSi/c1-21(20-43(37,38)39)13-15-31-29(36)41-17-14-26-32-24(19-34(26)5)28-23-18-22(42-44(6,7)30(2,3)4)11-12-25(23)35(33-28)27-10-8-9-16-40-27/h11-12,18-19,21,27H,8-10,13-17,20H2,1-7H3,(H,31,36)(H,37,38,39). The highest BCUT2D eigenvalue weighted by atomic mass is 32.2. The second-order valence-electron chi connectivity index (χ2n) is 13.3. The van der Waals surface area contributed by atoms with Crippen LogP contribution in [0.5, 0.6) is 5.75 Å². The predicted molar refractivity (Wildman–Crippen MR) is 172 cm³/mol. The molecule has 2 unspecified atom stereocenters. The average molecular weight is 650 g/mol. The summed E-state index contributed by atoms with van der Waals surface area (Å²) in [5, 5.41) is 8.64. The zero-order valence-corrected chi connectivity index (χ0v) is 28.7. The highest BCUT2D eigenvalue weighted by molar-refractivity contribution is 7.85. The fraction of sp³-hybridized carbons (Fsp3) is 0.633. The molecule has 1 aromatic carbocycles. The number of aryl methyl sites for hydroxylation is 1. The van der Waals surface area contributed by atoms with E-state index in [1.54, 1.807) is 6.92 Å². The minimum Gasteiger partial charge on any atom is -0.543 e. The van der Waals surface area contributed by atoms with E-state index < -0.39 is 24.5 Å². The number of rotatable bonds is 12. The molecule has 12 nitrogen and oxygen atoms in total. The van der Waals surface area contributed by atoms with Crippen LogP contribution in [0.4, 0.5) is 4.79 Å². The molecule has 0 radical (unpaired) electrons. The molecule has 44 heavy (non-hydrogen) atoms. The van der Waals surface area contributed by atoms with Gasteiger partial charge in [0.25, 0.3) is 10.1 Å². The van der Waals surface area contributed by atoms with Crippen LogP contribution in [0.25, 0.3) is 22.3 Å². The minimum atomic E-state index is -4.04. The van der Waals surface area contributed by atoms with E-state index in [1.165, 1.54) is 0 Å². The van der Waals surface area contributed by atoms with Gasteiger partial charge in [-0.1, -0.05) is 27.7 Å². The van der Waals surface area contributed by atoms with Gasteiger partial charge in [0, 0.05) is 38.2 Å². The monoisotopic (exact) mass is 649 g/mol. The maximum Gasteiger partial charge on any atom is 0.407 e. The molecule has 4 rings (SSSR count). The number of nitrogens with zero attached hydrogens (tertiary/aromatic N) is 4. The van der Waals surface area contributed by atoms with Gasteiger partial charge in [0.05, 0.1) is 11.3 Å². The number of ether oxygens (including phenoxy) is 2. The van der Waals surface area contributed by atoms with E-state index in [2.05, 4.69) is 51.3 Å². The molecule has 2 aromatic heterocycles. The lowest BCUT2D eigenvalue weighted by atomic mass is 10.1. The van der Waals surface area contributed by atoms with Gasteiger partial charge >= 0.3 is 6.09 Å². The Hall–Kier alpha value is -2.94. The van der Waals surface area contributed by atoms with Crippen molar-refractivity contribution < 1.29 is 31.7 Å². The largest absolute Gasteiger partial charge is 0.543 e. The van der Waals surface area contributed by atoms with Crippen molar-refractivity contribution >= 4 is 35.4 Å². The number of alkyl carbamates (subject to hydrolysis) is 1. The van der Waals surface area contributed by atoms with Crippen LogP contribution in [0.15, 0.2) is 24.4 Å². The molecule has 2 atom stereocenters. The Kier molecular flexibility index (Phi) is 10.5. The van der Waals surface area contributed by atoms with Crippen LogP contribution in [0, 0.1) is 5.92 Å². The molecule has 1 aliphatic rings. The fourth-order valence-corrected chi connectivity index (χ4v) is 6.87. The third kappa shape index (κ3) is 8.61. The number of imidazole rings is 1. The SMILES string of the molecule is CC(CCNC(=O)OCCc1nc(-c2nn(C3CCCCO3)c3ccc(O[Si](C)(C)C(C)(C)C)cc23)cn1C)CS(=O)(=O)O. The molecule has 1 aliphatic heterocycles. The molecular formula is C30H47N5O7SSi. The molecule has 244 valence electrons. The van der Waals surface area contributed by atoms with Gasteiger partial charge in [-0.3, -0.25) is 4.55 Å². The third-order valence-corrected chi connectivity index (χ3v) is 13.8. The van der Waals surface area contributed by atoms with Crippen molar-refractivity contribution in [2.24, 2.45) is 13.0 Å². The van der Waals surface area contributed by atoms with E-state index in [4.69, 9.17) is 28.5 Å². The summed E-state index contributed by atoms with van der Waals surface area (Å²) < 4.78 is 52.9. The van der Waals surface area contributed by atoms with Crippen LogP contribution in [0.1, 0.15) is 65.4 Å². The van der Waals surface area contributed by atoms with E-state index in [0.717, 1.165) is 47.4 Å². The Morgan fingerprint density at radius 3 is 2.68 bits per heavy atom. The predicted octanol–water partition coefficient (Wildman–Crippen LogP) is 5.70. The average Bonchev–Trinajstić information content (AvgIpc) is 3.47. The molecule has 2 N–H and O–H groups in total. The summed E-state index contributed by atoms with van der Waals surface area (Å²) in [7, 11) is -4.20. The molecule has 1 fully saturated rings. The van der Waals surface area contributed by atoms with Gasteiger partial charge in [-0.05, 0) is 67.9 Å².